The van der Waals surface area contributed by atoms with Crippen LogP contribution in [0, 0.1) is 5.82 Å². The van der Waals surface area contributed by atoms with Gasteiger partial charge in [0.2, 0.25) is 0 Å². The van der Waals surface area contributed by atoms with E-state index in [1.54, 1.807) is 17.4 Å². The number of hydrogen-bond donors (Lipinski definition) is 1. The lowest BCUT2D eigenvalue weighted by Crippen LogP contribution is -2.12. The normalized spacial score (nSPS) is 12.8. The molecule has 0 fully saturated rings. The number of rotatable bonds is 2. The highest BCUT2D eigenvalue weighted by atomic mass is 79.9. The van der Waals surface area contributed by atoms with Crippen LogP contribution in [0.1, 0.15) is 17.2 Å². The van der Waals surface area contributed by atoms with Crippen LogP contribution in [0.2, 0.25) is 0 Å². The van der Waals surface area contributed by atoms with E-state index < -0.39 is 0 Å². The van der Waals surface area contributed by atoms with Gasteiger partial charge in [-0.25, -0.2) is 4.39 Å². The van der Waals surface area contributed by atoms with Crippen molar-refractivity contribution in [3.8, 4) is 0 Å². The standard InChI is InChI=1S/C15H10Br2FNS/c16-12-3-1-2-9-11(7-20-15(9)12)14(19)10-5-4-8(18)6-13(10)17/h1-7,14H,19H2. The van der Waals surface area contributed by atoms with Gasteiger partial charge in [0.05, 0.1) is 6.04 Å². The molecule has 2 N–H and O–H groups in total. The van der Waals surface area contributed by atoms with Crippen LogP contribution in [0.3, 0.4) is 0 Å². The van der Waals surface area contributed by atoms with Gasteiger partial charge < -0.3 is 5.73 Å². The summed E-state index contributed by atoms with van der Waals surface area (Å²) >= 11 is 8.59. The van der Waals surface area contributed by atoms with Gasteiger partial charge in [-0.3, -0.25) is 0 Å². The largest absolute Gasteiger partial charge is 0.320 e. The first-order chi connectivity index (χ1) is 9.58. The fourth-order valence-corrected chi connectivity index (χ4v) is 4.46. The predicted octanol–water partition coefficient (Wildman–Crippen LogP) is 5.61. The van der Waals surface area contributed by atoms with E-state index in [1.165, 1.54) is 16.8 Å². The maximum Gasteiger partial charge on any atom is 0.124 e. The van der Waals surface area contributed by atoms with E-state index in [0.717, 1.165) is 21.0 Å². The first-order valence-corrected chi connectivity index (χ1v) is 8.40. The van der Waals surface area contributed by atoms with Gasteiger partial charge in [-0.2, -0.15) is 0 Å². The van der Waals surface area contributed by atoms with E-state index in [9.17, 15) is 4.39 Å². The van der Waals surface area contributed by atoms with Crippen LogP contribution in [0.4, 0.5) is 4.39 Å². The molecule has 5 heteroatoms. The minimum absolute atomic E-state index is 0.272. The molecule has 0 aliphatic heterocycles. The molecule has 20 heavy (non-hydrogen) atoms. The van der Waals surface area contributed by atoms with Crippen LogP contribution >= 0.6 is 43.2 Å². The van der Waals surface area contributed by atoms with Crippen molar-refractivity contribution in [3.05, 3.63) is 67.7 Å². The number of thiophene rings is 1. The second-order valence-corrected chi connectivity index (χ2v) is 7.04. The van der Waals surface area contributed by atoms with Crippen LogP contribution in [-0.4, -0.2) is 0 Å². The summed E-state index contributed by atoms with van der Waals surface area (Å²) in [6.45, 7) is 0. The Morgan fingerprint density at radius 3 is 2.60 bits per heavy atom. The van der Waals surface area contributed by atoms with E-state index in [2.05, 4.69) is 43.3 Å². The molecule has 1 nitrogen and oxygen atoms in total. The molecule has 0 radical (unpaired) electrons. The molecule has 3 aromatic rings. The van der Waals surface area contributed by atoms with Crippen molar-refractivity contribution in [2.75, 3.05) is 0 Å². The van der Waals surface area contributed by atoms with Crippen molar-refractivity contribution in [2.24, 2.45) is 5.73 Å². The number of halogens is 3. The molecule has 3 rings (SSSR count). The van der Waals surface area contributed by atoms with E-state index in [-0.39, 0.29) is 11.9 Å². The van der Waals surface area contributed by atoms with Gasteiger partial charge >= 0.3 is 0 Å². The molecule has 0 saturated carbocycles. The lowest BCUT2D eigenvalue weighted by Gasteiger charge is -2.13. The SMILES string of the molecule is NC(c1ccc(F)cc1Br)c1csc2c(Br)cccc12. The van der Waals surface area contributed by atoms with Crippen molar-refractivity contribution in [3.63, 3.8) is 0 Å². The molecule has 1 unspecified atom stereocenters. The fourth-order valence-electron chi connectivity index (χ4n) is 2.20. The summed E-state index contributed by atoms with van der Waals surface area (Å²) in [6, 6.07) is 10.4. The molecule has 0 aliphatic rings. The van der Waals surface area contributed by atoms with E-state index in [4.69, 9.17) is 5.73 Å². The third kappa shape index (κ3) is 2.44. The average molecular weight is 415 g/mol. The molecular formula is C15H10Br2FNS. The van der Waals surface area contributed by atoms with Crippen LogP contribution in [0.5, 0.6) is 0 Å². The smallest absolute Gasteiger partial charge is 0.124 e. The molecular weight excluding hydrogens is 405 g/mol. The van der Waals surface area contributed by atoms with Crippen molar-refractivity contribution < 1.29 is 4.39 Å². The van der Waals surface area contributed by atoms with Crippen molar-refractivity contribution in [1.82, 2.24) is 0 Å². The highest BCUT2D eigenvalue weighted by molar-refractivity contribution is 9.11. The molecule has 102 valence electrons. The van der Waals surface area contributed by atoms with Gasteiger partial charge in [-0.05, 0) is 56.0 Å². The predicted molar refractivity (Wildman–Crippen MR) is 89.7 cm³/mol. The first-order valence-electron chi connectivity index (χ1n) is 5.94. The quantitative estimate of drug-likeness (QED) is 0.579. The summed E-state index contributed by atoms with van der Waals surface area (Å²) in [6.07, 6.45) is 0. The topological polar surface area (TPSA) is 26.0 Å². The monoisotopic (exact) mass is 413 g/mol. The van der Waals surface area contributed by atoms with Gasteiger partial charge in [0.15, 0.2) is 0 Å². The molecule has 0 aliphatic carbocycles. The summed E-state index contributed by atoms with van der Waals surface area (Å²) in [4.78, 5) is 0. The van der Waals surface area contributed by atoms with Gasteiger partial charge in [-0.1, -0.05) is 34.1 Å². The Labute approximate surface area is 136 Å². The zero-order valence-corrected chi connectivity index (χ0v) is 14.2. The Morgan fingerprint density at radius 1 is 1.05 bits per heavy atom. The number of fused-ring (bicyclic) bond motifs is 1. The Kier molecular flexibility index (Phi) is 3.95. The second-order valence-electron chi connectivity index (χ2n) is 4.45. The highest BCUT2D eigenvalue weighted by Crippen LogP contribution is 2.37. The summed E-state index contributed by atoms with van der Waals surface area (Å²) in [5.74, 6) is -0.272. The van der Waals surface area contributed by atoms with Crippen LogP contribution < -0.4 is 5.73 Å². The van der Waals surface area contributed by atoms with Crippen LogP contribution in [-0.2, 0) is 0 Å². The third-order valence-corrected chi connectivity index (χ3v) is 5.87. The lowest BCUT2D eigenvalue weighted by molar-refractivity contribution is 0.625. The molecule has 1 heterocycles. The van der Waals surface area contributed by atoms with Crippen molar-refractivity contribution in [2.45, 2.75) is 6.04 Å². The Hall–Kier alpha value is -0.750. The maximum absolute atomic E-state index is 13.2. The lowest BCUT2D eigenvalue weighted by atomic mass is 9.99. The average Bonchev–Trinajstić information content (AvgIpc) is 2.83. The minimum atomic E-state index is -0.284. The van der Waals surface area contributed by atoms with E-state index in [1.807, 2.05) is 12.1 Å². The van der Waals surface area contributed by atoms with Gasteiger partial charge in [0, 0.05) is 13.6 Å². The maximum atomic E-state index is 13.2. The Morgan fingerprint density at radius 2 is 1.85 bits per heavy atom. The molecule has 1 aromatic heterocycles. The molecule has 2 aromatic carbocycles. The van der Waals surface area contributed by atoms with E-state index in [0.29, 0.717) is 4.47 Å². The van der Waals surface area contributed by atoms with Crippen LogP contribution in [0.15, 0.2) is 50.7 Å². The first kappa shape index (κ1) is 14.2. The van der Waals surface area contributed by atoms with E-state index >= 15 is 0 Å². The summed E-state index contributed by atoms with van der Waals surface area (Å²) in [7, 11) is 0. The van der Waals surface area contributed by atoms with Gasteiger partial charge in [0.1, 0.15) is 5.82 Å². The summed E-state index contributed by atoms with van der Waals surface area (Å²) < 4.78 is 16.1. The molecule has 0 amide bonds. The molecule has 0 saturated heterocycles. The van der Waals surface area contributed by atoms with Gasteiger partial charge in [0.25, 0.3) is 0 Å². The zero-order valence-electron chi connectivity index (χ0n) is 10.2. The highest BCUT2D eigenvalue weighted by Gasteiger charge is 2.17. The van der Waals surface area contributed by atoms with Crippen molar-refractivity contribution >= 4 is 53.3 Å². The van der Waals surface area contributed by atoms with Gasteiger partial charge in [-0.15, -0.1) is 11.3 Å². The fraction of sp³-hybridized carbons (Fsp3) is 0.0667. The number of hydrogen-bond acceptors (Lipinski definition) is 2. The Balaban J connectivity index is 2.13. The minimum Gasteiger partial charge on any atom is -0.320 e. The summed E-state index contributed by atoms with van der Waals surface area (Å²) in [5, 5.41) is 3.20. The van der Waals surface area contributed by atoms with Crippen molar-refractivity contribution in [1.29, 1.82) is 0 Å². The third-order valence-electron chi connectivity index (χ3n) is 3.21. The molecule has 0 bridgehead atoms. The Bertz CT molecular complexity index is 785. The number of benzene rings is 2. The molecule has 0 spiro atoms. The zero-order chi connectivity index (χ0) is 14.3. The van der Waals surface area contributed by atoms with Crippen LogP contribution in [0.25, 0.3) is 10.1 Å². The summed E-state index contributed by atoms with van der Waals surface area (Å²) in [5.41, 5.74) is 8.30. The number of nitrogens with two attached hydrogens (primary N) is 1. The molecule has 1 atom stereocenters. The second kappa shape index (κ2) is 5.56.